The zero-order valence-corrected chi connectivity index (χ0v) is 14.4. The maximum Gasteiger partial charge on any atom is 0.246 e. The third kappa shape index (κ3) is 3.71. The Kier molecular flexibility index (Phi) is 4.56. The average molecular weight is 337 g/mol. The van der Waals surface area contributed by atoms with Crippen molar-refractivity contribution >= 4 is 11.6 Å². The summed E-state index contributed by atoms with van der Waals surface area (Å²) in [5.41, 5.74) is 10.0. The van der Waals surface area contributed by atoms with Crippen LogP contribution < -0.4 is 5.73 Å². The molecular formula is C18H19N5O2. The Bertz CT molecular complexity index is 899. The van der Waals surface area contributed by atoms with Gasteiger partial charge < -0.3 is 10.2 Å². The van der Waals surface area contributed by atoms with E-state index in [0.717, 1.165) is 17.0 Å². The number of aryl methyl sites for hydroxylation is 4. The lowest BCUT2D eigenvalue weighted by Gasteiger charge is -2.08. The molecule has 2 N–H and O–H groups in total. The van der Waals surface area contributed by atoms with E-state index in [1.807, 2.05) is 26.0 Å². The molecule has 0 aliphatic carbocycles. The second kappa shape index (κ2) is 6.80. The van der Waals surface area contributed by atoms with Gasteiger partial charge in [0.15, 0.2) is 11.6 Å². The molecule has 0 aliphatic heterocycles. The third-order valence-electron chi connectivity index (χ3n) is 3.76. The van der Waals surface area contributed by atoms with Crippen LogP contribution in [0.15, 0.2) is 29.0 Å². The fourth-order valence-electron chi connectivity index (χ4n) is 2.69. The molecule has 0 aromatic carbocycles. The molecule has 3 aromatic rings. The predicted molar refractivity (Wildman–Crippen MR) is 93.0 cm³/mol. The molecule has 25 heavy (non-hydrogen) atoms. The molecule has 128 valence electrons. The van der Waals surface area contributed by atoms with Crippen molar-refractivity contribution in [1.29, 1.82) is 0 Å². The molecule has 0 fully saturated rings. The summed E-state index contributed by atoms with van der Waals surface area (Å²) in [6.07, 6.45) is 3.76. The summed E-state index contributed by atoms with van der Waals surface area (Å²) in [4.78, 5) is 29.6. The highest BCUT2D eigenvalue weighted by atomic mass is 16.3. The van der Waals surface area contributed by atoms with E-state index in [1.165, 1.54) is 12.5 Å². The lowest BCUT2D eigenvalue weighted by Crippen LogP contribution is -2.12. The first-order valence-corrected chi connectivity index (χ1v) is 7.95. The van der Waals surface area contributed by atoms with Gasteiger partial charge in [-0.15, -0.1) is 0 Å². The second-order valence-corrected chi connectivity index (χ2v) is 5.93. The Labute approximate surface area is 145 Å². The fraction of sp³-hybridized carbons (Fsp3) is 0.278. The zero-order valence-electron chi connectivity index (χ0n) is 14.4. The maximum absolute atomic E-state index is 12.5. The number of nitrogens with two attached hydrogens (primary N) is 1. The molecule has 0 aliphatic rings. The summed E-state index contributed by atoms with van der Waals surface area (Å²) in [7, 11) is 0. The molecule has 3 rings (SSSR count). The molecule has 0 saturated carbocycles. The van der Waals surface area contributed by atoms with Crippen LogP contribution in [-0.4, -0.2) is 25.7 Å². The van der Waals surface area contributed by atoms with Crippen molar-refractivity contribution < 1.29 is 9.21 Å². The summed E-state index contributed by atoms with van der Waals surface area (Å²) < 4.78 is 5.22. The van der Waals surface area contributed by atoms with Crippen molar-refractivity contribution in [3.63, 3.8) is 0 Å². The number of carbonyl (C=O) groups excluding carboxylic acids is 1. The second-order valence-electron chi connectivity index (χ2n) is 5.93. The van der Waals surface area contributed by atoms with Gasteiger partial charge in [-0.3, -0.25) is 9.78 Å². The minimum absolute atomic E-state index is 0.0807. The van der Waals surface area contributed by atoms with Crippen LogP contribution in [0.3, 0.4) is 0 Å². The monoisotopic (exact) mass is 337 g/mol. The molecule has 0 amide bonds. The summed E-state index contributed by atoms with van der Waals surface area (Å²) in [5.74, 6) is 0.250. The lowest BCUT2D eigenvalue weighted by atomic mass is 10.1. The van der Waals surface area contributed by atoms with Gasteiger partial charge in [-0.2, -0.15) is 0 Å². The number of carbonyl (C=O) groups is 1. The molecule has 7 nitrogen and oxygen atoms in total. The van der Waals surface area contributed by atoms with Crippen molar-refractivity contribution in [3.8, 4) is 11.6 Å². The third-order valence-corrected chi connectivity index (χ3v) is 3.76. The Balaban J connectivity index is 1.79. The number of oxazole rings is 1. The van der Waals surface area contributed by atoms with Gasteiger partial charge in [0.1, 0.15) is 17.7 Å². The number of nitrogen functional groups attached to an aromatic ring is 1. The highest BCUT2D eigenvalue weighted by Crippen LogP contribution is 2.21. The van der Waals surface area contributed by atoms with E-state index >= 15 is 0 Å². The molecular weight excluding hydrogens is 318 g/mol. The van der Waals surface area contributed by atoms with E-state index in [4.69, 9.17) is 10.2 Å². The van der Waals surface area contributed by atoms with Gasteiger partial charge in [0.05, 0.1) is 11.9 Å². The van der Waals surface area contributed by atoms with E-state index in [0.29, 0.717) is 23.7 Å². The van der Waals surface area contributed by atoms with Gasteiger partial charge in [0, 0.05) is 17.8 Å². The first kappa shape index (κ1) is 16.8. The van der Waals surface area contributed by atoms with Crippen LogP contribution in [0.5, 0.6) is 0 Å². The normalized spacial score (nSPS) is 10.8. The largest absolute Gasteiger partial charge is 0.443 e. The van der Waals surface area contributed by atoms with Crippen LogP contribution in [0.2, 0.25) is 0 Å². The number of hydrogen-bond acceptors (Lipinski definition) is 7. The van der Waals surface area contributed by atoms with Gasteiger partial charge in [-0.1, -0.05) is 0 Å². The Morgan fingerprint density at radius 3 is 2.64 bits per heavy atom. The van der Waals surface area contributed by atoms with Gasteiger partial charge in [0.25, 0.3) is 0 Å². The smallest absolute Gasteiger partial charge is 0.246 e. The Hall–Kier alpha value is -3.09. The SMILES string of the molecule is Cc1cc(C)nc(CCC(=O)c2nc(C)c(-c3ncco3)nc2N)c1. The highest BCUT2D eigenvalue weighted by Gasteiger charge is 2.18. The molecule has 0 spiro atoms. The van der Waals surface area contributed by atoms with E-state index in [-0.39, 0.29) is 23.7 Å². The molecule has 0 unspecified atom stereocenters. The standard InChI is InChI=1S/C18H19N5O2/c1-10-8-11(2)21-13(9-10)4-5-14(24)16-17(19)23-15(12(3)22-16)18-20-6-7-25-18/h6-9H,4-5H2,1-3H3,(H2,19,23). The number of Topliss-reactive ketones (excluding diaryl/α,β-unsaturated/α-hetero) is 1. The number of rotatable bonds is 5. The molecule has 0 bridgehead atoms. The molecule has 0 radical (unpaired) electrons. The van der Waals surface area contributed by atoms with Gasteiger partial charge >= 0.3 is 0 Å². The topological polar surface area (TPSA) is 108 Å². The van der Waals surface area contributed by atoms with E-state index in [1.54, 1.807) is 6.92 Å². The van der Waals surface area contributed by atoms with Crippen LogP contribution >= 0.6 is 0 Å². The first-order chi connectivity index (χ1) is 11.9. The van der Waals surface area contributed by atoms with Gasteiger partial charge in [0.2, 0.25) is 5.89 Å². The minimum Gasteiger partial charge on any atom is -0.443 e. The first-order valence-electron chi connectivity index (χ1n) is 7.95. The maximum atomic E-state index is 12.5. The highest BCUT2D eigenvalue weighted by molar-refractivity contribution is 5.98. The van der Waals surface area contributed by atoms with Crippen LogP contribution in [0.1, 0.15) is 39.6 Å². The van der Waals surface area contributed by atoms with Crippen molar-refractivity contribution in [2.75, 3.05) is 5.73 Å². The fourth-order valence-corrected chi connectivity index (χ4v) is 2.69. The summed E-state index contributed by atoms with van der Waals surface area (Å²) >= 11 is 0. The number of hydrogen-bond donors (Lipinski definition) is 1. The van der Waals surface area contributed by atoms with Crippen LogP contribution in [0, 0.1) is 20.8 Å². The lowest BCUT2D eigenvalue weighted by molar-refractivity contribution is 0.0978. The quantitative estimate of drug-likeness (QED) is 0.713. The molecule has 3 aromatic heterocycles. The van der Waals surface area contributed by atoms with E-state index < -0.39 is 0 Å². The zero-order chi connectivity index (χ0) is 18.0. The summed E-state index contributed by atoms with van der Waals surface area (Å²) in [6, 6.07) is 3.98. The van der Waals surface area contributed by atoms with Crippen molar-refractivity contribution in [3.05, 3.63) is 52.9 Å². The number of anilines is 1. The van der Waals surface area contributed by atoms with Crippen LogP contribution in [0.25, 0.3) is 11.6 Å². The molecule has 3 heterocycles. The number of ketones is 1. The van der Waals surface area contributed by atoms with Gasteiger partial charge in [-0.05, 0) is 44.9 Å². The van der Waals surface area contributed by atoms with Crippen LogP contribution in [0.4, 0.5) is 5.82 Å². The van der Waals surface area contributed by atoms with Gasteiger partial charge in [-0.25, -0.2) is 15.0 Å². The molecule has 7 heteroatoms. The number of pyridine rings is 1. The molecule has 0 atom stereocenters. The molecule has 0 saturated heterocycles. The summed E-state index contributed by atoms with van der Waals surface area (Å²) in [6.45, 7) is 5.69. The van der Waals surface area contributed by atoms with Crippen molar-refractivity contribution in [2.45, 2.75) is 33.6 Å². The average Bonchev–Trinajstić information content (AvgIpc) is 3.07. The Morgan fingerprint density at radius 2 is 1.96 bits per heavy atom. The van der Waals surface area contributed by atoms with Crippen molar-refractivity contribution in [2.24, 2.45) is 0 Å². The number of aromatic nitrogens is 4. The summed E-state index contributed by atoms with van der Waals surface area (Å²) in [5, 5.41) is 0. The van der Waals surface area contributed by atoms with E-state index in [9.17, 15) is 4.79 Å². The van der Waals surface area contributed by atoms with E-state index in [2.05, 4.69) is 19.9 Å². The Morgan fingerprint density at radius 1 is 1.16 bits per heavy atom. The van der Waals surface area contributed by atoms with Crippen LogP contribution in [-0.2, 0) is 6.42 Å². The number of nitrogens with zero attached hydrogens (tertiary/aromatic N) is 4. The predicted octanol–water partition coefficient (Wildman–Crippen LogP) is 2.85. The minimum atomic E-state index is -0.159. The van der Waals surface area contributed by atoms with Crippen molar-refractivity contribution in [1.82, 2.24) is 19.9 Å².